The molecule has 0 bridgehead atoms. The van der Waals surface area contributed by atoms with E-state index in [0.717, 1.165) is 43.8 Å². The molecule has 0 unspecified atom stereocenters. The Morgan fingerprint density at radius 2 is 2.53 bits per heavy atom. The smallest absolute Gasteiger partial charge is 0.317 e. The van der Waals surface area contributed by atoms with Gasteiger partial charge in [-0.3, -0.25) is 0 Å². The maximum atomic E-state index is 12.0. The monoisotopic (exact) mass is 237 g/mol. The molecule has 1 aliphatic rings. The highest BCUT2D eigenvalue weighted by molar-refractivity contribution is 5.75. The van der Waals surface area contributed by atoms with Crippen LogP contribution in [-0.2, 0) is 0 Å². The van der Waals surface area contributed by atoms with Crippen molar-refractivity contribution < 1.29 is 9.32 Å². The third-order valence-corrected chi connectivity index (χ3v) is 3.03. The van der Waals surface area contributed by atoms with Gasteiger partial charge in [-0.15, -0.1) is 0 Å². The van der Waals surface area contributed by atoms with Gasteiger partial charge in [0.25, 0.3) is 0 Å². The number of nitrogens with one attached hydrogen (secondary N) is 1. The van der Waals surface area contributed by atoms with Crippen LogP contribution in [0, 0.1) is 6.92 Å². The largest absolute Gasteiger partial charge is 0.361 e. The topological polar surface area (TPSA) is 58.4 Å². The van der Waals surface area contributed by atoms with Crippen molar-refractivity contribution >= 4 is 6.03 Å². The maximum Gasteiger partial charge on any atom is 0.317 e. The molecule has 1 N–H and O–H groups in total. The molecule has 1 atom stereocenters. The quantitative estimate of drug-likeness (QED) is 0.877. The average molecular weight is 237 g/mol. The van der Waals surface area contributed by atoms with Gasteiger partial charge in [-0.2, -0.15) is 0 Å². The highest BCUT2D eigenvalue weighted by atomic mass is 16.5. The summed E-state index contributed by atoms with van der Waals surface area (Å²) in [6.07, 6.45) is 2.94. The molecule has 1 saturated heterocycles. The zero-order chi connectivity index (χ0) is 12.3. The lowest BCUT2D eigenvalue weighted by Gasteiger charge is -2.23. The van der Waals surface area contributed by atoms with E-state index >= 15 is 0 Å². The Bertz CT molecular complexity index is 389. The number of likely N-dealkylation sites (tertiary alicyclic amines) is 1. The van der Waals surface area contributed by atoms with E-state index in [1.807, 2.05) is 24.8 Å². The minimum Gasteiger partial charge on any atom is -0.361 e. The van der Waals surface area contributed by atoms with Crippen LogP contribution >= 0.6 is 0 Å². The number of aromatic nitrogens is 1. The third-order valence-electron chi connectivity index (χ3n) is 3.03. The van der Waals surface area contributed by atoms with Gasteiger partial charge in [-0.25, -0.2) is 4.79 Å². The van der Waals surface area contributed by atoms with Gasteiger partial charge in [0, 0.05) is 19.2 Å². The van der Waals surface area contributed by atoms with Gasteiger partial charge in [-0.05, 0) is 26.2 Å². The summed E-state index contributed by atoms with van der Waals surface area (Å²) >= 11 is 0. The minimum absolute atomic E-state index is 0.00926. The van der Waals surface area contributed by atoms with Crippen molar-refractivity contribution in [1.29, 1.82) is 0 Å². The lowest BCUT2D eigenvalue weighted by Crippen LogP contribution is -2.39. The molecule has 2 amide bonds. The molecule has 0 aromatic carbocycles. The van der Waals surface area contributed by atoms with Crippen LogP contribution < -0.4 is 5.32 Å². The Morgan fingerprint density at radius 1 is 1.71 bits per heavy atom. The summed E-state index contributed by atoms with van der Waals surface area (Å²) < 4.78 is 5.08. The van der Waals surface area contributed by atoms with Gasteiger partial charge in [0.1, 0.15) is 11.5 Å². The highest BCUT2D eigenvalue weighted by Crippen LogP contribution is 2.31. The van der Waals surface area contributed by atoms with Crippen LogP contribution in [0.3, 0.4) is 0 Å². The molecular weight excluding hydrogens is 218 g/mol. The molecule has 0 radical (unpaired) electrons. The number of hydrogen-bond acceptors (Lipinski definition) is 3. The first kappa shape index (κ1) is 12.0. The average Bonchev–Trinajstić information content (AvgIpc) is 2.93. The van der Waals surface area contributed by atoms with Gasteiger partial charge < -0.3 is 14.7 Å². The summed E-state index contributed by atoms with van der Waals surface area (Å²) in [6.45, 7) is 5.43. The van der Waals surface area contributed by atoms with E-state index in [-0.39, 0.29) is 12.1 Å². The first-order valence-electron chi connectivity index (χ1n) is 6.20. The van der Waals surface area contributed by atoms with Crippen molar-refractivity contribution in [2.45, 2.75) is 39.2 Å². The van der Waals surface area contributed by atoms with Crippen molar-refractivity contribution in [1.82, 2.24) is 15.4 Å². The molecule has 94 valence electrons. The van der Waals surface area contributed by atoms with E-state index in [0.29, 0.717) is 0 Å². The number of amides is 2. The van der Waals surface area contributed by atoms with Gasteiger partial charge in [0.15, 0.2) is 0 Å². The minimum atomic E-state index is 0.00926. The predicted octanol–water partition coefficient (Wildman–Crippen LogP) is 2.24. The molecular formula is C12H19N3O2. The van der Waals surface area contributed by atoms with Crippen molar-refractivity contribution in [3.8, 4) is 0 Å². The number of nitrogens with zero attached hydrogens (tertiary/aromatic N) is 2. The van der Waals surface area contributed by atoms with E-state index in [4.69, 9.17) is 4.52 Å². The van der Waals surface area contributed by atoms with Crippen LogP contribution in [0.4, 0.5) is 4.79 Å². The lowest BCUT2D eigenvalue weighted by molar-refractivity contribution is 0.191. The normalized spacial score (nSPS) is 19.6. The van der Waals surface area contributed by atoms with Gasteiger partial charge >= 0.3 is 6.03 Å². The molecule has 0 spiro atoms. The van der Waals surface area contributed by atoms with E-state index in [2.05, 4.69) is 10.5 Å². The Balaban J connectivity index is 2.04. The molecule has 1 aromatic heterocycles. The summed E-state index contributed by atoms with van der Waals surface area (Å²) in [6, 6.07) is 2.00. The molecule has 1 aromatic rings. The Labute approximate surface area is 101 Å². The number of carbonyl (C=O) groups is 1. The Kier molecular flexibility index (Phi) is 3.66. The Morgan fingerprint density at radius 3 is 3.18 bits per heavy atom. The summed E-state index contributed by atoms with van der Waals surface area (Å²) in [7, 11) is 0. The molecule has 5 nitrogen and oxygen atoms in total. The maximum absolute atomic E-state index is 12.0. The zero-order valence-electron chi connectivity index (χ0n) is 10.4. The predicted molar refractivity (Wildman–Crippen MR) is 63.6 cm³/mol. The molecule has 1 aliphatic heterocycles. The molecule has 5 heteroatoms. The molecule has 17 heavy (non-hydrogen) atoms. The van der Waals surface area contributed by atoms with E-state index < -0.39 is 0 Å². The Hall–Kier alpha value is -1.52. The molecule has 0 aliphatic carbocycles. The SMILES string of the molecule is CCCNC(=O)N1CCC[C@@H]1c1cc(C)on1. The summed E-state index contributed by atoms with van der Waals surface area (Å²) in [5.74, 6) is 0.792. The fourth-order valence-electron chi connectivity index (χ4n) is 2.19. The van der Waals surface area contributed by atoms with Crippen LogP contribution in [0.15, 0.2) is 10.6 Å². The second-order valence-electron chi connectivity index (χ2n) is 4.45. The number of aryl methyl sites for hydroxylation is 1. The van der Waals surface area contributed by atoms with Crippen molar-refractivity contribution in [3.63, 3.8) is 0 Å². The van der Waals surface area contributed by atoms with Crippen molar-refractivity contribution in [2.24, 2.45) is 0 Å². The van der Waals surface area contributed by atoms with Gasteiger partial charge in [-0.1, -0.05) is 12.1 Å². The third kappa shape index (κ3) is 2.60. The van der Waals surface area contributed by atoms with E-state index in [1.165, 1.54) is 0 Å². The first-order chi connectivity index (χ1) is 8.22. The summed E-state index contributed by atoms with van der Waals surface area (Å²) in [5, 5.41) is 6.92. The van der Waals surface area contributed by atoms with Crippen LogP contribution in [0.5, 0.6) is 0 Å². The van der Waals surface area contributed by atoms with E-state index in [9.17, 15) is 4.79 Å². The van der Waals surface area contributed by atoms with Gasteiger partial charge in [0.05, 0.1) is 6.04 Å². The van der Waals surface area contributed by atoms with Crippen LogP contribution in [0.1, 0.15) is 43.7 Å². The standard InChI is InChI=1S/C12H19N3O2/c1-3-6-13-12(16)15-7-4-5-11(15)10-8-9(2)17-14-10/h8,11H,3-7H2,1-2H3,(H,13,16)/t11-/m1/s1. The zero-order valence-corrected chi connectivity index (χ0v) is 10.4. The van der Waals surface area contributed by atoms with Crippen molar-refractivity contribution in [2.75, 3.05) is 13.1 Å². The lowest BCUT2D eigenvalue weighted by atomic mass is 10.1. The number of urea groups is 1. The number of rotatable bonds is 3. The summed E-state index contributed by atoms with van der Waals surface area (Å²) in [5.41, 5.74) is 0.867. The van der Waals surface area contributed by atoms with E-state index in [1.54, 1.807) is 0 Å². The van der Waals surface area contributed by atoms with Gasteiger partial charge in [0.2, 0.25) is 0 Å². The van der Waals surface area contributed by atoms with Crippen molar-refractivity contribution in [3.05, 3.63) is 17.5 Å². The summed E-state index contributed by atoms with van der Waals surface area (Å²) in [4.78, 5) is 13.8. The fraction of sp³-hybridized carbons (Fsp3) is 0.667. The molecule has 0 saturated carbocycles. The molecule has 2 heterocycles. The fourth-order valence-corrected chi connectivity index (χ4v) is 2.19. The number of carbonyl (C=O) groups excluding carboxylic acids is 1. The van der Waals surface area contributed by atoms with Crippen LogP contribution in [0.25, 0.3) is 0 Å². The van der Waals surface area contributed by atoms with Crippen LogP contribution in [0.2, 0.25) is 0 Å². The number of hydrogen-bond donors (Lipinski definition) is 1. The second-order valence-corrected chi connectivity index (χ2v) is 4.45. The van der Waals surface area contributed by atoms with Crippen LogP contribution in [-0.4, -0.2) is 29.2 Å². The molecule has 2 rings (SSSR count). The highest BCUT2D eigenvalue weighted by Gasteiger charge is 2.31. The first-order valence-corrected chi connectivity index (χ1v) is 6.20. The second kappa shape index (κ2) is 5.21. The molecule has 1 fully saturated rings.